The van der Waals surface area contributed by atoms with Crippen LogP contribution in [0.1, 0.15) is 0 Å². The molecule has 1 N–H and O–H groups in total. The van der Waals surface area contributed by atoms with E-state index in [0.717, 1.165) is 11.3 Å². The molecule has 0 aliphatic heterocycles. The van der Waals surface area contributed by atoms with E-state index in [1.807, 2.05) is 0 Å². The molecule has 2 nitrogen and oxygen atoms in total. The molecule has 44 valence electrons. The van der Waals surface area contributed by atoms with E-state index in [9.17, 15) is 4.79 Å². The summed E-state index contributed by atoms with van der Waals surface area (Å²) in [4.78, 5) is 12.7. The van der Waals surface area contributed by atoms with Crippen molar-refractivity contribution in [3.8, 4) is 0 Å². The molecule has 1 aromatic rings. The third-order valence-electron chi connectivity index (χ3n) is 0.612. The minimum absolute atomic E-state index is 0.111. The van der Waals surface area contributed by atoms with Gasteiger partial charge in [0, 0.05) is 0 Å². The molecule has 0 spiro atoms. The van der Waals surface area contributed by atoms with Gasteiger partial charge in [-0.05, 0) is 0 Å². The lowest BCUT2D eigenvalue weighted by Gasteiger charge is -1.76. The Morgan fingerprint density at radius 3 is 2.25 bits per heavy atom. The zero-order valence-corrected chi connectivity index (χ0v) is 6.32. The Labute approximate surface area is 60.8 Å². The molecule has 0 saturated carbocycles. The summed E-state index contributed by atoms with van der Waals surface area (Å²) < 4.78 is 0.637. The first-order valence-electron chi connectivity index (χ1n) is 1.81. The van der Waals surface area contributed by atoms with Crippen molar-refractivity contribution < 1.29 is 0 Å². The highest BCUT2D eigenvalue weighted by Crippen LogP contribution is 2.16. The van der Waals surface area contributed by atoms with E-state index in [-0.39, 0.29) is 4.87 Å². The third-order valence-corrected chi connectivity index (χ3v) is 2.46. The maximum atomic E-state index is 10.4. The first-order chi connectivity index (χ1) is 3.70. The second kappa shape index (κ2) is 2.16. The van der Waals surface area contributed by atoms with Gasteiger partial charge < -0.3 is 4.98 Å². The summed E-state index contributed by atoms with van der Waals surface area (Å²) >= 11 is 8.87. The van der Waals surface area contributed by atoms with E-state index >= 15 is 0 Å². The Balaban J connectivity index is 3.35. The quantitative estimate of drug-likeness (QED) is 0.493. The zero-order chi connectivity index (χ0) is 6.15. The van der Waals surface area contributed by atoms with Crippen LogP contribution in [0.5, 0.6) is 0 Å². The summed E-state index contributed by atoms with van der Waals surface area (Å²) in [5.74, 6) is 0. The average molecular weight is 165 g/mol. The van der Waals surface area contributed by atoms with E-state index in [4.69, 9.17) is 0 Å². The van der Waals surface area contributed by atoms with Crippen LogP contribution in [0.2, 0.25) is 0 Å². The van der Waals surface area contributed by atoms with Crippen molar-refractivity contribution >= 4 is 36.6 Å². The van der Waals surface area contributed by atoms with Crippen molar-refractivity contribution in [3.63, 3.8) is 0 Å². The summed E-state index contributed by atoms with van der Waals surface area (Å²) in [6.45, 7) is 0. The lowest BCUT2D eigenvalue weighted by molar-refractivity contribution is 1.11. The molecule has 1 rings (SSSR count). The number of hydrogen-bond acceptors (Lipinski definition) is 4. The molecule has 1 heterocycles. The Hall–Kier alpha value is 0.130. The molecule has 1 aromatic heterocycles. The Bertz CT molecular complexity index is 214. The highest BCUT2D eigenvalue weighted by Gasteiger charge is 1.96. The molecule has 0 unspecified atom stereocenters. The van der Waals surface area contributed by atoms with Gasteiger partial charge in [0.15, 0.2) is 0 Å². The van der Waals surface area contributed by atoms with Crippen LogP contribution < -0.4 is 4.87 Å². The average Bonchev–Trinajstić information content (AvgIpc) is 1.85. The predicted molar refractivity (Wildman–Crippen MR) is 39.4 cm³/mol. The molecule has 0 radical (unpaired) electrons. The summed E-state index contributed by atoms with van der Waals surface area (Å²) in [6.07, 6.45) is 0. The van der Waals surface area contributed by atoms with E-state index in [1.54, 1.807) is 0 Å². The van der Waals surface area contributed by atoms with E-state index in [1.165, 1.54) is 0 Å². The SMILES string of the molecule is O=c1[nH]c(S)c(S)s1. The van der Waals surface area contributed by atoms with Crippen molar-refractivity contribution in [1.29, 1.82) is 0 Å². The number of rotatable bonds is 0. The Kier molecular flexibility index (Phi) is 1.69. The largest absolute Gasteiger partial charge is 0.307 e. The lowest BCUT2D eigenvalue weighted by atomic mass is 11.0. The number of aromatic nitrogens is 1. The van der Waals surface area contributed by atoms with Gasteiger partial charge >= 0.3 is 4.87 Å². The van der Waals surface area contributed by atoms with Crippen molar-refractivity contribution in [2.75, 3.05) is 0 Å². The third kappa shape index (κ3) is 1.10. The predicted octanol–water partition coefficient (Wildman–Crippen LogP) is 1.01. The summed E-state index contributed by atoms with van der Waals surface area (Å²) in [6, 6.07) is 0. The van der Waals surface area contributed by atoms with Crippen molar-refractivity contribution in [2.45, 2.75) is 9.24 Å². The van der Waals surface area contributed by atoms with Crippen molar-refractivity contribution in [1.82, 2.24) is 4.98 Å². The van der Waals surface area contributed by atoms with Gasteiger partial charge in [0.1, 0.15) is 0 Å². The Morgan fingerprint density at radius 2 is 2.12 bits per heavy atom. The summed E-state index contributed by atoms with van der Waals surface area (Å²) in [5.41, 5.74) is 0. The van der Waals surface area contributed by atoms with E-state index in [2.05, 4.69) is 30.2 Å². The van der Waals surface area contributed by atoms with Gasteiger partial charge in [0.25, 0.3) is 0 Å². The van der Waals surface area contributed by atoms with Gasteiger partial charge in [-0.1, -0.05) is 11.3 Å². The molecule has 0 atom stereocenters. The van der Waals surface area contributed by atoms with E-state index in [0.29, 0.717) is 9.24 Å². The fourth-order valence-electron chi connectivity index (χ4n) is 0.312. The standard InChI is InChI=1S/C3H3NOS3/c5-3-4-1(6)2(7)8-3/h6-7H,(H,4,5). The van der Waals surface area contributed by atoms with Crippen LogP contribution in [0.4, 0.5) is 0 Å². The van der Waals surface area contributed by atoms with Gasteiger partial charge in [-0.2, -0.15) is 0 Å². The summed E-state index contributed by atoms with van der Waals surface area (Å²) in [7, 11) is 0. The highest BCUT2D eigenvalue weighted by molar-refractivity contribution is 7.85. The first-order valence-corrected chi connectivity index (χ1v) is 3.52. The number of aromatic amines is 1. The molecule has 0 aliphatic carbocycles. The topological polar surface area (TPSA) is 32.9 Å². The molecule has 0 fully saturated rings. The molecule has 0 saturated heterocycles. The monoisotopic (exact) mass is 165 g/mol. The van der Waals surface area contributed by atoms with Crippen molar-refractivity contribution in [2.24, 2.45) is 0 Å². The molecular formula is C3H3NOS3. The number of thiazole rings is 1. The molecule has 8 heavy (non-hydrogen) atoms. The van der Waals surface area contributed by atoms with Crippen molar-refractivity contribution in [3.05, 3.63) is 9.67 Å². The molecule has 0 amide bonds. The maximum Gasteiger partial charge on any atom is 0.306 e. The minimum Gasteiger partial charge on any atom is -0.307 e. The fourth-order valence-corrected chi connectivity index (χ4v) is 1.41. The molecule has 0 bridgehead atoms. The van der Waals surface area contributed by atoms with Gasteiger partial charge in [-0.25, -0.2) is 0 Å². The number of thiol groups is 2. The van der Waals surface area contributed by atoms with Gasteiger partial charge in [0.2, 0.25) is 0 Å². The van der Waals surface area contributed by atoms with Crippen LogP contribution in [-0.2, 0) is 0 Å². The number of nitrogens with one attached hydrogen (secondary N) is 1. The molecular weight excluding hydrogens is 162 g/mol. The van der Waals surface area contributed by atoms with E-state index < -0.39 is 0 Å². The fraction of sp³-hybridized carbons (Fsp3) is 0. The summed E-state index contributed by atoms with van der Waals surface area (Å²) in [5, 5.41) is 0.545. The second-order valence-electron chi connectivity index (χ2n) is 1.17. The van der Waals surface area contributed by atoms with Crippen LogP contribution in [0.3, 0.4) is 0 Å². The maximum absolute atomic E-state index is 10.4. The zero-order valence-electron chi connectivity index (χ0n) is 3.71. The van der Waals surface area contributed by atoms with Crippen LogP contribution >= 0.6 is 36.6 Å². The minimum atomic E-state index is -0.111. The van der Waals surface area contributed by atoms with Gasteiger partial charge in [-0.3, -0.25) is 4.79 Å². The molecule has 0 aromatic carbocycles. The molecule has 5 heteroatoms. The number of H-pyrrole nitrogens is 1. The normalized spacial score (nSPS) is 9.75. The smallest absolute Gasteiger partial charge is 0.306 e. The van der Waals surface area contributed by atoms with Crippen LogP contribution in [0.25, 0.3) is 0 Å². The highest BCUT2D eigenvalue weighted by atomic mass is 32.2. The Morgan fingerprint density at radius 1 is 1.50 bits per heavy atom. The van der Waals surface area contributed by atoms with Crippen LogP contribution in [-0.4, -0.2) is 4.98 Å². The lowest BCUT2D eigenvalue weighted by Crippen LogP contribution is -1.89. The van der Waals surface area contributed by atoms with Crippen LogP contribution in [0.15, 0.2) is 14.0 Å². The first kappa shape index (κ1) is 6.25. The molecule has 0 aliphatic rings. The van der Waals surface area contributed by atoms with Crippen LogP contribution in [0, 0.1) is 0 Å². The number of hydrogen-bond donors (Lipinski definition) is 3. The van der Waals surface area contributed by atoms with Gasteiger partial charge in [-0.15, -0.1) is 25.3 Å². The van der Waals surface area contributed by atoms with Gasteiger partial charge in [0.05, 0.1) is 9.24 Å². The second-order valence-corrected chi connectivity index (χ2v) is 3.35.